The Balaban J connectivity index is 4.40. The fourth-order valence-corrected chi connectivity index (χ4v) is 1.53. The van der Waals surface area contributed by atoms with Gasteiger partial charge in [0.25, 0.3) is 5.91 Å². The lowest BCUT2D eigenvalue weighted by Gasteiger charge is -2.14. The maximum atomic E-state index is 11.8. The van der Waals surface area contributed by atoms with E-state index in [2.05, 4.69) is 39.5 Å². The second-order valence-electron chi connectivity index (χ2n) is 5.27. The number of carbonyl (C=O) groups is 1. The lowest BCUT2D eigenvalue weighted by molar-refractivity contribution is -0.123. The highest BCUT2D eigenvalue weighted by Crippen LogP contribution is 2.07. The van der Waals surface area contributed by atoms with Gasteiger partial charge in [-0.1, -0.05) is 35.5 Å². The van der Waals surface area contributed by atoms with E-state index in [0.717, 1.165) is 18.4 Å². The second kappa shape index (κ2) is 9.37. The number of hydrogen-bond donors (Lipinski definition) is 0. The zero-order chi connectivity index (χ0) is 14.8. The van der Waals surface area contributed by atoms with Gasteiger partial charge in [0.1, 0.15) is 0 Å². The molecule has 0 saturated heterocycles. The van der Waals surface area contributed by atoms with Crippen LogP contribution in [0.2, 0.25) is 0 Å². The summed E-state index contributed by atoms with van der Waals surface area (Å²) in [5.41, 5.74) is 3.65. The van der Waals surface area contributed by atoms with Crippen molar-refractivity contribution in [1.82, 2.24) is 4.90 Å². The molecule has 0 fully saturated rings. The minimum Gasteiger partial charge on any atom is -0.312 e. The van der Waals surface area contributed by atoms with Crippen LogP contribution in [0.5, 0.6) is 0 Å². The van der Waals surface area contributed by atoms with Gasteiger partial charge in [-0.15, -0.1) is 0 Å². The summed E-state index contributed by atoms with van der Waals surface area (Å²) in [4.78, 5) is 13.5. The van der Waals surface area contributed by atoms with Crippen molar-refractivity contribution in [2.45, 2.75) is 47.5 Å². The lowest BCUT2D eigenvalue weighted by atomic mass is 10.1. The van der Waals surface area contributed by atoms with Crippen LogP contribution < -0.4 is 0 Å². The van der Waals surface area contributed by atoms with Gasteiger partial charge in [-0.2, -0.15) is 0 Å². The van der Waals surface area contributed by atoms with Crippen molar-refractivity contribution in [3.8, 4) is 0 Å². The third-order valence-electron chi connectivity index (χ3n) is 2.64. The molecule has 0 heterocycles. The summed E-state index contributed by atoms with van der Waals surface area (Å²) in [5, 5.41) is 0. The van der Waals surface area contributed by atoms with Gasteiger partial charge in [-0.25, -0.2) is 0 Å². The van der Waals surface area contributed by atoms with Crippen LogP contribution in [-0.2, 0) is 4.79 Å². The SMILES string of the molecule is C=CN(C/C=C(/C)CCC=C(C)C)C(=O)C=C(C)C. The Morgan fingerprint density at radius 2 is 1.68 bits per heavy atom. The zero-order valence-corrected chi connectivity index (χ0v) is 13.0. The third-order valence-corrected chi connectivity index (χ3v) is 2.64. The van der Waals surface area contributed by atoms with Crippen LogP contribution in [0.1, 0.15) is 47.5 Å². The molecule has 0 aromatic rings. The Morgan fingerprint density at radius 1 is 1.05 bits per heavy atom. The lowest BCUT2D eigenvalue weighted by Crippen LogP contribution is -2.23. The normalized spacial score (nSPS) is 10.7. The molecule has 0 aromatic heterocycles. The topological polar surface area (TPSA) is 20.3 Å². The second-order valence-corrected chi connectivity index (χ2v) is 5.27. The molecule has 0 bridgehead atoms. The van der Waals surface area contributed by atoms with Gasteiger partial charge >= 0.3 is 0 Å². The Morgan fingerprint density at radius 3 is 2.16 bits per heavy atom. The summed E-state index contributed by atoms with van der Waals surface area (Å²) >= 11 is 0. The first-order valence-corrected chi connectivity index (χ1v) is 6.74. The van der Waals surface area contributed by atoms with Gasteiger partial charge in [-0.05, 0) is 47.5 Å². The van der Waals surface area contributed by atoms with Gasteiger partial charge in [0, 0.05) is 18.8 Å². The largest absolute Gasteiger partial charge is 0.312 e. The van der Waals surface area contributed by atoms with E-state index in [1.807, 2.05) is 13.8 Å². The van der Waals surface area contributed by atoms with Crippen LogP contribution in [0.3, 0.4) is 0 Å². The highest BCUT2D eigenvalue weighted by atomic mass is 16.2. The molecule has 0 unspecified atom stereocenters. The number of hydrogen-bond acceptors (Lipinski definition) is 1. The van der Waals surface area contributed by atoms with Crippen LogP contribution in [0, 0.1) is 0 Å². The van der Waals surface area contributed by atoms with E-state index >= 15 is 0 Å². The minimum absolute atomic E-state index is 0.0108. The maximum absolute atomic E-state index is 11.8. The molecule has 0 rings (SSSR count). The number of rotatable bonds is 7. The van der Waals surface area contributed by atoms with E-state index < -0.39 is 0 Å². The van der Waals surface area contributed by atoms with Gasteiger partial charge in [0.15, 0.2) is 0 Å². The molecule has 0 aliphatic rings. The first-order valence-electron chi connectivity index (χ1n) is 6.74. The molecular formula is C17H27NO. The van der Waals surface area contributed by atoms with Crippen LogP contribution >= 0.6 is 0 Å². The standard InChI is InChI=1S/C17H27NO/c1-7-18(17(19)13-15(4)5)12-11-16(6)10-8-9-14(2)3/h7,9,11,13H,1,8,10,12H2,2-6H3/b16-11-. The molecular weight excluding hydrogens is 234 g/mol. The van der Waals surface area contributed by atoms with Crippen molar-refractivity contribution < 1.29 is 4.79 Å². The Kier molecular flexibility index (Phi) is 8.60. The van der Waals surface area contributed by atoms with Crippen LogP contribution in [0.25, 0.3) is 0 Å². The average molecular weight is 261 g/mol. The van der Waals surface area contributed by atoms with Gasteiger partial charge in [0.05, 0.1) is 0 Å². The van der Waals surface area contributed by atoms with Gasteiger partial charge in [0.2, 0.25) is 0 Å². The van der Waals surface area contributed by atoms with Crippen molar-refractivity contribution >= 4 is 5.91 Å². The minimum atomic E-state index is -0.0108. The molecule has 0 atom stereocenters. The quantitative estimate of drug-likeness (QED) is 0.484. The van der Waals surface area contributed by atoms with Crippen LogP contribution in [0.4, 0.5) is 0 Å². The Bertz CT molecular complexity index is 391. The monoisotopic (exact) mass is 261 g/mol. The summed E-state index contributed by atoms with van der Waals surface area (Å²) in [5.74, 6) is -0.0108. The van der Waals surface area contributed by atoms with E-state index in [1.54, 1.807) is 17.2 Å². The summed E-state index contributed by atoms with van der Waals surface area (Å²) in [6, 6.07) is 0. The third kappa shape index (κ3) is 9.06. The molecule has 0 N–H and O–H groups in total. The van der Waals surface area contributed by atoms with E-state index in [1.165, 1.54) is 11.1 Å². The number of carbonyl (C=O) groups excluding carboxylic acids is 1. The molecule has 2 heteroatoms. The molecule has 0 aromatic carbocycles. The Labute approximate surface area is 118 Å². The predicted molar refractivity (Wildman–Crippen MR) is 83.8 cm³/mol. The molecule has 0 saturated carbocycles. The molecule has 19 heavy (non-hydrogen) atoms. The Hall–Kier alpha value is -1.57. The summed E-state index contributed by atoms with van der Waals surface area (Å²) in [7, 11) is 0. The first kappa shape index (κ1) is 17.4. The molecule has 0 aliphatic heterocycles. The van der Waals surface area contributed by atoms with E-state index in [0.29, 0.717) is 6.54 Å². The number of nitrogens with zero attached hydrogens (tertiary/aromatic N) is 1. The number of allylic oxidation sites excluding steroid dienone is 4. The first-order chi connectivity index (χ1) is 8.86. The van der Waals surface area contributed by atoms with Crippen molar-refractivity contribution in [3.05, 3.63) is 47.7 Å². The molecule has 0 radical (unpaired) electrons. The maximum Gasteiger partial charge on any atom is 0.250 e. The zero-order valence-electron chi connectivity index (χ0n) is 13.0. The fourth-order valence-electron chi connectivity index (χ4n) is 1.53. The highest BCUT2D eigenvalue weighted by molar-refractivity contribution is 5.89. The molecule has 0 spiro atoms. The van der Waals surface area contributed by atoms with Gasteiger partial charge in [-0.3, -0.25) is 4.79 Å². The van der Waals surface area contributed by atoms with Crippen molar-refractivity contribution in [1.29, 1.82) is 0 Å². The smallest absolute Gasteiger partial charge is 0.250 e. The predicted octanol–water partition coefficient (Wildman–Crippen LogP) is 4.62. The van der Waals surface area contributed by atoms with E-state index in [9.17, 15) is 4.79 Å². The van der Waals surface area contributed by atoms with E-state index in [-0.39, 0.29) is 5.91 Å². The van der Waals surface area contributed by atoms with Crippen LogP contribution in [0.15, 0.2) is 47.7 Å². The van der Waals surface area contributed by atoms with Crippen molar-refractivity contribution in [2.75, 3.05) is 6.54 Å². The summed E-state index contributed by atoms with van der Waals surface area (Å²) < 4.78 is 0. The average Bonchev–Trinajstić information content (AvgIpc) is 2.28. The molecule has 2 nitrogen and oxygen atoms in total. The van der Waals surface area contributed by atoms with Crippen molar-refractivity contribution in [2.24, 2.45) is 0 Å². The number of amides is 1. The van der Waals surface area contributed by atoms with Crippen molar-refractivity contribution in [3.63, 3.8) is 0 Å². The fraction of sp³-hybridized carbons (Fsp3) is 0.471. The molecule has 1 amide bonds. The van der Waals surface area contributed by atoms with Crippen LogP contribution in [-0.4, -0.2) is 17.4 Å². The summed E-state index contributed by atoms with van der Waals surface area (Å²) in [6.45, 7) is 14.4. The highest BCUT2D eigenvalue weighted by Gasteiger charge is 2.05. The molecule has 0 aliphatic carbocycles. The molecule has 106 valence electrons. The van der Waals surface area contributed by atoms with Gasteiger partial charge < -0.3 is 4.90 Å². The van der Waals surface area contributed by atoms with E-state index in [4.69, 9.17) is 0 Å². The summed E-state index contributed by atoms with van der Waals surface area (Å²) in [6.07, 6.45) is 9.64.